The Bertz CT molecular complexity index is 275. The Morgan fingerprint density at radius 3 is 3.09 bits per heavy atom. The van der Waals surface area contributed by atoms with Gasteiger partial charge in [-0.15, -0.1) is 6.42 Å². The van der Waals surface area contributed by atoms with Crippen molar-refractivity contribution in [2.24, 2.45) is 5.84 Å². The minimum Gasteiger partial charge on any atom is -0.271 e. The van der Waals surface area contributed by atoms with Crippen LogP contribution in [0.3, 0.4) is 0 Å². The van der Waals surface area contributed by atoms with E-state index in [0.717, 1.165) is 11.1 Å². The summed E-state index contributed by atoms with van der Waals surface area (Å²) in [5.74, 6) is 7.62. The number of hydrazine groups is 1. The van der Waals surface area contributed by atoms with Crippen LogP contribution in [0.5, 0.6) is 0 Å². The molecule has 3 heteroatoms. The van der Waals surface area contributed by atoms with Gasteiger partial charge in [-0.25, -0.2) is 0 Å². The molecule has 1 aromatic heterocycles. The number of nitrogens with two attached hydrogens (primary N) is 1. The number of terminal acetylenes is 1. The summed E-state index contributed by atoms with van der Waals surface area (Å²) < 4.78 is 0. The van der Waals surface area contributed by atoms with Gasteiger partial charge in [-0.3, -0.25) is 16.3 Å². The molecule has 56 valence electrons. The van der Waals surface area contributed by atoms with Crippen LogP contribution in [0.4, 0.5) is 0 Å². The Kier molecular flexibility index (Phi) is 2.61. The number of hydrogen-bond acceptors (Lipinski definition) is 3. The largest absolute Gasteiger partial charge is 0.271 e. The number of pyridine rings is 1. The molecule has 0 saturated carbocycles. The second-order valence-corrected chi connectivity index (χ2v) is 2.11. The van der Waals surface area contributed by atoms with Crippen LogP contribution in [0.1, 0.15) is 11.1 Å². The molecule has 0 saturated heterocycles. The predicted molar refractivity (Wildman–Crippen MR) is 43.2 cm³/mol. The van der Waals surface area contributed by atoms with E-state index in [1.54, 1.807) is 12.4 Å². The summed E-state index contributed by atoms with van der Waals surface area (Å²) in [6, 6.07) is 1.87. The molecule has 11 heavy (non-hydrogen) atoms. The molecule has 0 bridgehead atoms. The van der Waals surface area contributed by atoms with Crippen LogP contribution in [0, 0.1) is 12.3 Å². The third-order valence-corrected chi connectivity index (χ3v) is 1.27. The van der Waals surface area contributed by atoms with Crippen molar-refractivity contribution >= 4 is 0 Å². The van der Waals surface area contributed by atoms with Crippen molar-refractivity contribution in [2.45, 2.75) is 6.54 Å². The minimum absolute atomic E-state index is 0.586. The maximum Gasteiger partial charge on any atom is 0.0429 e. The van der Waals surface area contributed by atoms with Crippen molar-refractivity contribution in [1.29, 1.82) is 0 Å². The topological polar surface area (TPSA) is 50.9 Å². The molecule has 1 aromatic rings. The fourth-order valence-corrected chi connectivity index (χ4v) is 0.781. The van der Waals surface area contributed by atoms with Gasteiger partial charge in [0, 0.05) is 24.5 Å². The zero-order chi connectivity index (χ0) is 8.10. The lowest BCUT2D eigenvalue weighted by molar-refractivity contribution is 0.738. The van der Waals surface area contributed by atoms with Gasteiger partial charge in [0.2, 0.25) is 0 Å². The quantitative estimate of drug-likeness (QED) is 0.352. The zero-order valence-corrected chi connectivity index (χ0v) is 6.04. The molecular formula is C8H9N3. The van der Waals surface area contributed by atoms with Gasteiger partial charge in [-0.2, -0.15) is 0 Å². The zero-order valence-electron chi connectivity index (χ0n) is 6.04. The van der Waals surface area contributed by atoms with E-state index >= 15 is 0 Å². The van der Waals surface area contributed by atoms with E-state index in [2.05, 4.69) is 16.3 Å². The number of hydrogen-bond donors (Lipinski definition) is 2. The molecule has 1 heterocycles. The molecule has 0 spiro atoms. The molecule has 0 atom stereocenters. The highest BCUT2D eigenvalue weighted by atomic mass is 15.2. The van der Waals surface area contributed by atoms with Crippen molar-refractivity contribution in [3.63, 3.8) is 0 Å². The number of nitrogens with zero attached hydrogens (tertiary/aromatic N) is 1. The van der Waals surface area contributed by atoms with Gasteiger partial charge >= 0.3 is 0 Å². The monoisotopic (exact) mass is 147 g/mol. The predicted octanol–water partition coefficient (Wildman–Crippen LogP) is 0.0262. The summed E-state index contributed by atoms with van der Waals surface area (Å²) in [5.41, 5.74) is 4.29. The molecule has 0 aliphatic heterocycles. The van der Waals surface area contributed by atoms with Crippen molar-refractivity contribution in [3.05, 3.63) is 29.6 Å². The second kappa shape index (κ2) is 3.71. The van der Waals surface area contributed by atoms with Crippen molar-refractivity contribution < 1.29 is 0 Å². The van der Waals surface area contributed by atoms with Crippen molar-refractivity contribution in [1.82, 2.24) is 10.4 Å². The van der Waals surface area contributed by atoms with E-state index in [1.807, 2.05) is 6.07 Å². The molecule has 3 nitrogen and oxygen atoms in total. The average Bonchev–Trinajstić information content (AvgIpc) is 2.06. The third-order valence-electron chi connectivity index (χ3n) is 1.27. The fraction of sp³-hybridized carbons (Fsp3) is 0.125. The first-order chi connectivity index (χ1) is 5.36. The Labute approximate surface area is 65.6 Å². The van der Waals surface area contributed by atoms with Gasteiger partial charge < -0.3 is 0 Å². The van der Waals surface area contributed by atoms with Crippen LogP contribution in [-0.4, -0.2) is 4.98 Å². The van der Waals surface area contributed by atoms with E-state index in [1.165, 1.54) is 0 Å². The maximum absolute atomic E-state index is 5.17. The van der Waals surface area contributed by atoms with Gasteiger partial charge in [-0.1, -0.05) is 5.92 Å². The highest BCUT2D eigenvalue weighted by Gasteiger charge is 1.91. The Hall–Kier alpha value is -1.37. The van der Waals surface area contributed by atoms with E-state index in [-0.39, 0.29) is 0 Å². The van der Waals surface area contributed by atoms with Crippen LogP contribution < -0.4 is 11.3 Å². The molecule has 0 radical (unpaired) electrons. The van der Waals surface area contributed by atoms with Gasteiger partial charge in [-0.05, 0) is 11.6 Å². The van der Waals surface area contributed by atoms with Crippen LogP contribution in [0.2, 0.25) is 0 Å². The lowest BCUT2D eigenvalue weighted by Crippen LogP contribution is -2.20. The summed E-state index contributed by atoms with van der Waals surface area (Å²) >= 11 is 0. The van der Waals surface area contributed by atoms with Crippen LogP contribution in [0.25, 0.3) is 0 Å². The van der Waals surface area contributed by atoms with Crippen LogP contribution in [-0.2, 0) is 6.54 Å². The number of rotatable bonds is 2. The summed E-state index contributed by atoms with van der Waals surface area (Å²) in [4.78, 5) is 3.94. The van der Waals surface area contributed by atoms with E-state index in [0.29, 0.717) is 6.54 Å². The van der Waals surface area contributed by atoms with E-state index < -0.39 is 0 Å². The average molecular weight is 147 g/mol. The third kappa shape index (κ3) is 2.04. The summed E-state index contributed by atoms with van der Waals surface area (Å²) in [7, 11) is 0. The van der Waals surface area contributed by atoms with Crippen LogP contribution in [0.15, 0.2) is 18.5 Å². The molecule has 3 N–H and O–H groups in total. The maximum atomic E-state index is 5.17. The Balaban J connectivity index is 2.85. The summed E-state index contributed by atoms with van der Waals surface area (Å²) in [5, 5.41) is 0. The number of nitrogens with one attached hydrogen (secondary N) is 1. The lowest BCUT2D eigenvalue weighted by atomic mass is 10.2. The van der Waals surface area contributed by atoms with Crippen molar-refractivity contribution in [3.8, 4) is 12.3 Å². The van der Waals surface area contributed by atoms with Crippen LogP contribution >= 0.6 is 0 Å². The summed E-state index contributed by atoms with van der Waals surface area (Å²) in [6.07, 6.45) is 8.54. The first kappa shape index (κ1) is 7.73. The Morgan fingerprint density at radius 1 is 1.64 bits per heavy atom. The molecule has 0 unspecified atom stereocenters. The van der Waals surface area contributed by atoms with Gasteiger partial charge in [0.05, 0.1) is 0 Å². The molecule has 0 aromatic carbocycles. The Morgan fingerprint density at radius 2 is 2.45 bits per heavy atom. The molecule has 0 aliphatic rings. The first-order valence-corrected chi connectivity index (χ1v) is 3.21. The van der Waals surface area contributed by atoms with Gasteiger partial charge in [0.15, 0.2) is 0 Å². The van der Waals surface area contributed by atoms with Gasteiger partial charge in [0.25, 0.3) is 0 Å². The molecule has 0 fully saturated rings. The second-order valence-electron chi connectivity index (χ2n) is 2.11. The highest BCUT2D eigenvalue weighted by molar-refractivity contribution is 5.31. The first-order valence-electron chi connectivity index (χ1n) is 3.21. The van der Waals surface area contributed by atoms with Crippen molar-refractivity contribution in [2.75, 3.05) is 0 Å². The number of aromatic nitrogens is 1. The SMILES string of the molecule is C#Cc1cncc(CNN)c1. The molecule has 0 amide bonds. The smallest absolute Gasteiger partial charge is 0.0429 e. The standard InChI is InChI=1S/C8H9N3/c1-2-7-3-8(6-11-9)5-10-4-7/h1,3-5,11H,6,9H2. The van der Waals surface area contributed by atoms with E-state index in [9.17, 15) is 0 Å². The van der Waals surface area contributed by atoms with Gasteiger partial charge in [0.1, 0.15) is 0 Å². The molecule has 1 rings (SSSR count). The highest BCUT2D eigenvalue weighted by Crippen LogP contribution is 1.99. The lowest BCUT2D eigenvalue weighted by Gasteiger charge is -1.98. The minimum atomic E-state index is 0.586. The normalized spacial score (nSPS) is 9.09. The molecule has 0 aliphatic carbocycles. The summed E-state index contributed by atoms with van der Waals surface area (Å²) in [6.45, 7) is 0.586. The molecular weight excluding hydrogens is 138 g/mol. The van der Waals surface area contributed by atoms with E-state index in [4.69, 9.17) is 12.3 Å². The fourth-order valence-electron chi connectivity index (χ4n) is 0.781.